The molecule has 2 saturated carbocycles. The van der Waals surface area contributed by atoms with Gasteiger partial charge in [0, 0.05) is 14.7 Å². The fourth-order valence-electron chi connectivity index (χ4n) is 5.08. The van der Waals surface area contributed by atoms with E-state index in [0.717, 1.165) is 6.42 Å². The van der Waals surface area contributed by atoms with Gasteiger partial charge >= 0.3 is 5.97 Å². The maximum atomic E-state index is 13.1. The Labute approximate surface area is 205 Å². The van der Waals surface area contributed by atoms with Gasteiger partial charge in [-0.25, -0.2) is 4.79 Å². The summed E-state index contributed by atoms with van der Waals surface area (Å²) in [5.74, 6) is -0.885. The quantitative estimate of drug-likeness (QED) is 0.206. The van der Waals surface area contributed by atoms with E-state index >= 15 is 0 Å². The minimum atomic E-state index is -0.624. The van der Waals surface area contributed by atoms with Crippen LogP contribution in [0.1, 0.15) is 16.8 Å². The SMILES string of the molecule is O=C(Oc1ccc(N2C(=O)[C@H]3[C@@H]4C[C@@H]([C@H](Br)[C@@H]4Br)[C@@H]3C2=O)cc1)c1ccc(Cl)cc1Cl. The predicted molar refractivity (Wildman–Crippen MR) is 124 cm³/mol. The van der Waals surface area contributed by atoms with Crippen LogP contribution in [0.2, 0.25) is 10.0 Å². The fourth-order valence-corrected chi connectivity index (χ4v) is 7.44. The number of fused-ring (bicyclic) bond motifs is 5. The van der Waals surface area contributed by atoms with Gasteiger partial charge in [0.15, 0.2) is 0 Å². The number of amides is 2. The third kappa shape index (κ3) is 3.36. The van der Waals surface area contributed by atoms with E-state index in [1.807, 2.05) is 0 Å². The van der Waals surface area contributed by atoms with E-state index < -0.39 is 5.97 Å². The van der Waals surface area contributed by atoms with Crippen LogP contribution in [0.4, 0.5) is 5.69 Å². The monoisotopic (exact) mass is 585 g/mol. The number of carbonyl (C=O) groups excluding carboxylic acids is 3. The van der Waals surface area contributed by atoms with Crippen molar-refractivity contribution in [2.24, 2.45) is 23.7 Å². The van der Waals surface area contributed by atoms with Crippen molar-refractivity contribution in [3.05, 3.63) is 58.1 Å². The average Bonchev–Trinajstić information content (AvgIpc) is 3.33. The number of nitrogens with zero attached hydrogens (tertiary/aromatic N) is 1. The van der Waals surface area contributed by atoms with Crippen molar-refractivity contribution in [1.82, 2.24) is 0 Å². The van der Waals surface area contributed by atoms with Gasteiger partial charge in [-0.1, -0.05) is 55.1 Å². The van der Waals surface area contributed by atoms with Gasteiger partial charge < -0.3 is 4.74 Å². The second-order valence-electron chi connectivity index (χ2n) is 8.02. The summed E-state index contributed by atoms with van der Waals surface area (Å²) >= 11 is 19.3. The van der Waals surface area contributed by atoms with Gasteiger partial charge in [0.25, 0.3) is 0 Å². The van der Waals surface area contributed by atoms with Crippen LogP contribution < -0.4 is 9.64 Å². The van der Waals surface area contributed by atoms with Gasteiger partial charge in [0.05, 0.1) is 28.1 Å². The molecule has 9 heteroatoms. The highest BCUT2D eigenvalue weighted by Gasteiger charge is 2.66. The lowest BCUT2D eigenvalue weighted by Crippen LogP contribution is -2.37. The van der Waals surface area contributed by atoms with Crippen molar-refractivity contribution >= 4 is 78.5 Å². The molecule has 5 nitrogen and oxygen atoms in total. The molecular formula is C22H15Br2Cl2NO4. The molecule has 0 aromatic heterocycles. The molecule has 2 bridgehead atoms. The van der Waals surface area contributed by atoms with E-state index in [2.05, 4.69) is 31.9 Å². The number of halogens is 4. The standard InChI is InChI=1S/C22H15Br2Cl2NO4/c23-18-13-8-14(19(18)24)17-16(13)20(28)27(21(17)29)10-2-4-11(5-3-10)31-22(30)12-6-1-9(25)7-15(12)26/h1-7,13-14,16-19H,8H2/t13-,14+,16-,17-,18+,19-/m0/s1. The van der Waals surface area contributed by atoms with Crippen LogP contribution in [0.3, 0.4) is 0 Å². The van der Waals surface area contributed by atoms with E-state index in [1.54, 1.807) is 30.3 Å². The highest BCUT2D eigenvalue weighted by molar-refractivity contribution is 9.12. The van der Waals surface area contributed by atoms with Crippen molar-refractivity contribution < 1.29 is 19.1 Å². The van der Waals surface area contributed by atoms with Crippen molar-refractivity contribution in [1.29, 1.82) is 0 Å². The van der Waals surface area contributed by atoms with Crippen LogP contribution in [0, 0.1) is 23.7 Å². The van der Waals surface area contributed by atoms with Crippen LogP contribution in [0.15, 0.2) is 42.5 Å². The van der Waals surface area contributed by atoms with Crippen molar-refractivity contribution in [2.75, 3.05) is 4.90 Å². The first kappa shape index (κ1) is 21.4. The zero-order valence-electron chi connectivity index (χ0n) is 15.8. The zero-order valence-corrected chi connectivity index (χ0v) is 20.5. The van der Waals surface area contributed by atoms with E-state index in [9.17, 15) is 14.4 Å². The smallest absolute Gasteiger partial charge is 0.345 e. The summed E-state index contributed by atoms with van der Waals surface area (Å²) in [6.07, 6.45) is 0.884. The zero-order chi connectivity index (χ0) is 22.0. The molecule has 2 aliphatic carbocycles. The third-order valence-electron chi connectivity index (χ3n) is 6.44. The normalized spacial score (nSPS) is 31.3. The van der Waals surface area contributed by atoms with E-state index in [-0.39, 0.29) is 61.5 Å². The molecule has 1 saturated heterocycles. The van der Waals surface area contributed by atoms with Crippen LogP contribution in [-0.4, -0.2) is 27.4 Å². The summed E-state index contributed by atoms with van der Waals surface area (Å²) in [4.78, 5) is 40.3. The molecule has 3 aliphatic rings. The average molecular weight is 588 g/mol. The maximum Gasteiger partial charge on any atom is 0.345 e. The second kappa shape index (κ2) is 7.87. The summed E-state index contributed by atoms with van der Waals surface area (Å²) < 4.78 is 5.37. The number of rotatable bonds is 3. The van der Waals surface area contributed by atoms with Crippen molar-refractivity contribution in [2.45, 2.75) is 16.1 Å². The van der Waals surface area contributed by atoms with Crippen molar-refractivity contribution in [3.8, 4) is 5.75 Å². The first-order chi connectivity index (χ1) is 14.8. The molecule has 2 aromatic carbocycles. The largest absolute Gasteiger partial charge is 0.423 e. The molecule has 0 N–H and O–H groups in total. The number of alkyl halides is 2. The minimum absolute atomic E-state index is 0.149. The predicted octanol–water partition coefficient (Wildman–Crippen LogP) is 5.49. The minimum Gasteiger partial charge on any atom is -0.423 e. The van der Waals surface area contributed by atoms with Crippen LogP contribution in [0.5, 0.6) is 5.75 Å². The number of hydrogen-bond acceptors (Lipinski definition) is 4. The maximum absolute atomic E-state index is 13.1. The Balaban J connectivity index is 1.34. The topological polar surface area (TPSA) is 63.7 Å². The number of esters is 1. The lowest BCUT2D eigenvalue weighted by Gasteiger charge is -2.28. The Morgan fingerprint density at radius 2 is 1.52 bits per heavy atom. The molecule has 1 aliphatic heterocycles. The summed E-state index contributed by atoms with van der Waals surface area (Å²) in [5.41, 5.74) is 0.669. The second-order valence-corrected chi connectivity index (χ2v) is 11.0. The summed E-state index contributed by atoms with van der Waals surface area (Å²) in [6.45, 7) is 0. The van der Waals surface area contributed by atoms with Gasteiger partial charge in [-0.2, -0.15) is 0 Å². The highest BCUT2D eigenvalue weighted by atomic mass is 79.9. The molecule has 0 unspecified atom stereocenters. The first-order valence-corrected chi connectivity index (χ1v) is 12.3. The van der Waals surface area contributed by atoms with Gasteiger partial charge in [-0.05, 0) is 60.7 Å². The number of carbonyl (C=O) groups is 3. The molecule has 2 aromatic rings. The van der Waals surface area contributed by atoms with E-state index in [4.69, 9.17) is 27.9 Å². The van der Waals surface area contributed by atoms with Gasteiger partial charge in [-0.15, -0.1) is 0 Å². The molecule has 0 radical (unpaired) electrons. The molecule has 6 atom stereocenters. The number of anilines is 1. The first-order valence-electron chi connectivity index (χ1n) is 9.71. The van der Waals surface area contributed by atoms with Gasteiger partial charge in [-0.3, -0.25) is 14.5 Å². The van der Waals surface area contributed by atoms with E-state index in [1.165, 1.54) is 17.0 Å². The summed E-state index contributed by atoms with van der Waals surface area (Å²) in [6, 6.07) is 10.8. The number of hydrogen-bond donors (Lipinski definition) is 0. The fraction of sp³-hybridized carbons (Fsp3) is 0.318. The molecule has 2 amide bonds. The number of benzene rings is 2. The Hall–Kier alpha value is -1.41. The van der Waals surface area contributed by atoms with Crippen molar-refractivity contribution in [3.63, 3.8) is 0 Å². The van der Waals surface area contributed by atoms with Gasteiger partial charge in [0.2, 0.25) is 11.8 Å². The molecule has 0 spiro atoms. The van der Waals surface area contributed by atoms with Gasteiger partial charge in [0.1, 0.15) is 5.75 Å². The van der Waals surface area contributed by atoms with Crippen LogP contribution in [-0.2, 0) is 9.59 Å². The van der Waals surface area contributed by atoms with Crippen LogP contribution >= 0.6 is 55.1 Å². The molecule has 160 valence electrons. The number of ether oxygens (including phenoxy) is 1. The highest BCUT2D eigenvalue weighted by Crippen LogP contribution is 2.60. The molecular weight excluding hydrogens is 573 g/mol. The summed E-state index contributed by atoms with van der Waals surface area (Å²) in [7, 11) is 0. The van der Waals surface area contributed by atoms with Crippen LogP contribution in [0.25, 0.3) is 0 Å². The third-order valence-corrected chi connectivity index (χ3v) is 10.2. The lowest BCUT2D eigenvalue weighted by molar-refractivity contribution is -0.123. The molecule has 31 heavy (non-hydrogen) atoms. The Morgan fingerprint density at radius 3 is 2.06 bits per heavy atom. The number of imide groups is 1. The molecule has 1 heterocycles. The van der Waals surface area contributed by atoms with E-state index in [0.29, 0.717) is 10.7 Å². The summed E-state index contributed by atoms with van der Waals surface area (Å²) in [5, 5.41) is 0.611. The Bertz CT molecular complexity index is 1080. The molecule has 5 rings (SSSR count). The molecule has 3 fully saturated rings. The Morgan fingerprint density at radius 1 is 0.935 bits per heavy atom. The Kier molecular flexibility index (Phi) is 5.44. The lowest BCUT2D eigenvalue weighted by atomic mass is 9.81.